The third kappa shape index (κ3) is 3.17. The summed E-state index contributed by atoms with van der Waals surface area (Å²) in [6, 6.07) is 6.59. The Morgan fingerprint density at radius 1 is 1.47 bits per heavy atom. The van der Waals surface area contributed by atoms with Gasteiger partial charge in [0, 0.05) is 23.3 Å². The summed E-state index contributed by atoms with van der Waals surface area (Å²) in [6.45, 7) is 3.54. The van der Waals surface area contributed by atoms with Crippen molar-refractivity contribution >= 4 is 28.6 Å². The first-order valence-corrected chi connectivity index (χ1v) is 6.49. The number of nitrogens with zero attached hydrogens (tertiary/aromatic N) is 2. The highest BCUT2D eigenvalue weighted by Crippen LogP contribution is 2.23. The molecule has 0 saturated heterocycles. The lowest BCUT2D eigenvalue weighted by Gasteiger charge is -2.22. The number of aromatic nitrogens is 1. The molecule has 0 amide bonds. The second-order valence-electron chi connectivity index (χ2n) is 3.57. The number of benzene rings is 1. The van der Waals surface area contributed by atoms with E-state index in [1.54, 1.807) is 12.3 Å². The summed E-state index contributed by atoms with van der Waals surface area (Å²) in [5.74, 6) is -0.219. The molecule has 0 unspecified atom stereocenters. The largest absolute Gasteiger partial charge is 0.367 e. The average Bonchev–Trinajstić information content (AvgIpc) is 2.72. The van der Waals surface area contributed by atoms with E-state index in [0.717, 1.165) is 17.1 Å². The van der Waals surface area contributed by atoms with Gasteiger partial charge in [0.25, 0.3) is 0 Å². The molecule has 2 rings (SSSR count). The van der Waals surface area contributed by atoms with Gasteiger partial charge in [0.1, 0.15) is 5.82 Å². The van der Waals surface area contributed by atoms with Crippen LogP contribution in [0.1, 0.15) is 11.8 Å². The van der Waals surface area contributed by atoms with Crippen LogP contribution >= 0.6 is 22.9 Å². The molecule has 0 fully saturated rings. The SMILES string of the molecule is CCN(Cc1cnc(Cl)s1)c1cccc(F)c1. The van der Waals surface area contributed by atoms with Gasteiger partial charge in [-0.3, -0.25) is 0 Å². The highest BCUT2D eigenvalue weighted by molar-refractivity contribution is 7.15. The van der Waals surface area contributed by atoms with E-state index in [-0.39, 0.29) is 5.82 Å². The van der Waals surface area contributed by atoms with Crippen molar-refractivity contribution in [2.24, 2.45) is 0 Å². The predicted molar refractivity (Wildman–Crippen MR) is 70.2 cm³/mol. The standard InChI is InChI=1S/C12H12ClFN2S/c1-2-16(8-11-7-15-12(13)17-11)10-5-3-4-9(14)6-10/h3-7H,2,8H2,1H3. The van der Waals surface area contributed by atoms with Gasteiger partial charge in [-0.25, -0.2) is 9.37 Å². The fraction of sp³-hybridized carbons (Fsp3) is 0.250. The maximum atomic E-state index is 13.1. The molecule has 0 radical (unpaired) electrons. The minimum atomic E-state index is -0.219. The van der Waals surface area contributed by atoms with Crippen molar-refractivity contribution in [2.75, 3.05) is 11.4 Å². The third-order valence-electron chi connectivity index (χ3n) is 2.43. The molecule has 0 bridgehead atoms. The van der Waals surface area contributed by atoms with Crippen LogP contribution in [-0.4, -0.2) is 11.5 Å². The smallest absolute Gasteiger partial charge is 0.183 e. The highest BCUT2D eigenvalue weighted by atomic mass is 35.5. The Labute approximate surface area is 109 Å². The number of thiazole rings is 1. The fourth-order valence-corrected chi connectivity index (χ4v) is 2.60. The summed E-state index contributed by atoms with van der Waals surface area (Å²) < 4.78 is 13.7. The molecule has 17 heavy (non-hydrogen) atoms. The summed E-state index contributed by atoms with van der Waals surface area (Å²) in [7, 11) is 0. The maximum absolute atomic E-state index is 13.1. The molecular weight excluding hydrogens is 259 g/mol. The lowest BCUT2D eigenvalue weighted by Crippen LogP contribution is -2.21. The zero-order valence-corrected chi connectivity index (χ0v) is 10.9. The first-order chi connectivity index (χ1) is 8.19. The predicted octanol–water partition coefficient (Wildman–Crippen LogP) is 3.96. The van der Waals surface area contributed by atoms with Gasteiger partial charge >= 0.3 is 0 Å². The second-order valence-corrected chi connectivity index (χ2v) is 5.27. The zero-order valence-electron chi connectivity index (χ0n) is 9.36. The molecule has 1 aromatic heterocycles. The summed E-state index contributed by atoms with van der Waals surface area (Å²) in [5.41, 5.74) is 0.872. The quantitative estimate of drug-likeness (QED) is 0.836. The van der Waals surface area contributed by atoms with Crippen LogP contribution in [0.4, 0.5) is 10.1 Å². The van der Waals surface area contributed by atoms with Crippen molar-refractivity contribution in [1.29, 1.82) is 0 Å². The van der Waals surface area contributed by atoms with Crippen molar-refractivity contribution in [3.05, 3.63) is 45.6 Å². The number of anilines is 1. The van der Waals surface area contributed by atoms with Gasteiger partial charge in [0.15, 0.2) is 4.47 Å². The molecule has 5 heteroatoms. The van der Waals surface area contributed by atoms with Crippen LogP contribution in [0.2, 0.25) is 4.47 Å². The van der Waals surface area contributed by atoms with E-state index in [1.165, 1.54) is 23.5 Å². The van der Waals surface area contributed by atoms with E-state index < -0.39 is 0 Å². The average molecular weight is 271 g/mol. The van der Waals surface area contributed by atoms with Gasteiger partial charge < -0.3 is 4.90 Å². The maximum Gasteiger partial charge on any atom is 0.183 e. The third-order valence-corrected chi connectivity index (χ3v) is 3.53. The number of hydrogen-bond donors (Lipinski definition) is 0. The van der Waals surface area contributed by atoms with Gasteiger partial charge in [-0.05, 0) is 25.1 Å². The number of rotatable bonds is 4. The monoisotopic (exact) mass is 270 g/mol. The number of halogens is 2. The number of hydrogen-bond acceptors (Lipinski definition) is 3. The molecule has 90 valence electrons. The molecule has 2 aromatic rings. The van der Waals surface area contributed by atoms with Gasteiger partial charge in [-0.15, -0.1) is 11.3 Å². The lowest BCUT2D eigenvalue weighted by atomic mass is 10.2. The van der Waals surface area contributed by atoms with Crippen molar-refractivity contribution < 1.29 is 4.39 Å². The summed E-state index contributed by atoms with van der Waals surface area (Å²) in [4.78, 5) is 7.15. The minimum Gasteiger partial charge on any atom is -0.367 e. The molecule has 0 N–H and O–H groups in total. The van der Waals surface area contributed by atoms with Crippen molar-refractivity contribution in [2.45, 2.75) is 13.5 Å². The van der Waals surface area contributed by atoms with Crippen LogP contribution < -0.4 is 4.90 Å². The molecule has 0 aliphatic rings. The Morgan fingerprint density at radius 3 is 2.88 bits per heavy atom. The Balaban J connectivity index is 2.16. The normalized spacial score (nSPS) is 10.5. The first kappa shape index (κ1) is 12.3. The molecule has 0 spiro atoms. The molecule has 0 saturated carbocycles. The molecule has 0 aliphatic heterocycles. The second kappa shape index (κ2) is 5.47. The van der Waals surface area contributed by atoms with E-state index in [0.29, 0.717) is 11.0 Å². The van der Waals surface area contributed by atoms with Crippen LogP contribution in [0.5, 0.6) is 0 Å². The van der Waals surface area contributed by atoms with Crippen LogP contribution in [0, 0.1) is 5.82 Å². The van der Waals surface area contributed by atoms with Crippen LogP contribution in [0.3, 0.4) is 0 Å². The topological polar surface area (TPSA) is 16.1 Å². The van der Waals surface area contributed by atoms with Gasteiger partial charge in [0.2, 0.25) is 0 Å². The Morgan fingerprint density at radius 2 is 2.29 bits per heavy atom. The zero-order chi connectivity index (χ0) is 12.3. The Kier molecular flexibility index (Phi) is 3.97. The van der Waals surface area contributed by atoms with Crippen LogP contribution in [0.15, 0.2) is 30.5 Å². The van der Waals surface area contributed by atoms with E-state index >= 15 is 0 Å². The molecule has 0 aliphatic carbocycles. The van der Waals surface area contributed by atoms with E-state index in [1.807, 2.05) is 13.0 Å². The molecular formula is C12H12ClFN2S. The highest BCUT2D eigenvalue weighted by Gasteiger charge is 2.08. The Hall–Kier alpha value is -1.13. The van der Waals surface area contributed by atoms with E-state index in [4.69, 9.17) is 11.6 Å². The molecule has 2 nitrogen and oxygen atoms in total. The van der Waals surface area contributed by atoms with Crippen LogP contribution in [0.25, 0.3) is 0 Å². The Bertz CT molecular complexity index is 501. The summed E-state index contributed by atoms with van der Waals surface area (Å²) in [6.07, 6.45) is 1.76. The van der Waals surface area contributed by atoms with Crippen molar-refractivity contribution in [1.82, 2.24) is 4.98 Å². The van der Waals surface area contributed by atoms with Gasteiger partial charge in [-0.2, -0.15) is 0 Å². The first-order valence-electron chi connectivity index (χ1n) is 5.29. The lowest BCUT2D eigenvalue weighted by molar-refractivity contribution is 0.626. The van der Waals surface area contributed by atoms with Gasteiger partial charge in [-0.1, -0.05) is 17.7 Å². The molecule has 1 heterocycles. The molecule has 0 atom stereocenters. The van der Waals surface area contributed by atoms with E-state index in [9.17, 15) is 4.39 Å². The summed E-state index contributed by atoms with van der Waals surface area (Å²) in [5, 5.41) is 0. The van der Waals surface area contributed by atoms with Crippen LogP contribution in [-0.2, 0) is 6.54 Å². The minimum absolute atomic E-state index is 0.219. The summed E-state index contributed by atoms with van der Waals surface area (Å²) >= 11 is 7.24. The fourth-order valence-electron chi connectivity index (χ4n) is 1.60. The van der Waals surface area contributed by atoms with E-state index in [2.05, 4.69) is 9.88 Å². The molecule has 1 aromatic carbocycles. The van der Waals surface area contributed by atoms with Gasteiger partial charge in [0.05, 0.1) is 6.54 Å². The van der Waals surface area contributed by atoms with Crippen molar-refractivity contribution in [3.8, 4) is 0 Å². The van der Waals surface area contributed by atoms with Crippen molar-refractivity contribution in [3.63, 3.8) is 0 Å².